The summed E-state index contributed by atoms with van der Waals surface area (Å²) in [7, 11) is 0. The van der Waals surface area contributed by atoms with Crippen molar-refractivity contribution in [1.29, 1.82) is 0 Å². The van der Waals surface area contributed by atoms with Gasteiger partial charge in [0.15, 0.2) is 0 Å². The van der Waals surface area contributed by atoms with Crippen LogP contribution in [0.1, 0.15) is 12.8 Å². The third-order valence-corrected chi connectivity index (χ3v) is 1.92. The van der Waals surface area contributed by atoms with Gasteiger partial charge in [-0.25, -0.2) is 0 Å². The van der Waals surface area contributed by atoms with E-state index in [2.05, 4.69) is 6.58 Å². The fourth-order valence-corrected chi connectivity index (χ4v) is 1.20. The molecule has 1 fully saturated rings. The van der Waals surface area contributed by atoms with Crippen molar-refractivity contribution < 1.29 is 5.06 Å². The SMILES string of the molecule is C=CC1CC[NH+]([O-])CC1. The van der Waals surface area contributed by atoms with Crippen molar-refractivity contribution in [3.8, 4) is 0 Å². The lowest BCUT2D eigenvalue weighted by Crippen LogP contribution is -3.08. The second kappa shape index (κ2) is 2.99. The fourth-order valence-electron chi connectivity index (χ4n) is 1.20. The molecule has 0 unspecified atom stereocenters. The zero-order valence-electron chi connectivity index (χ0n) is 5.60. The highest BCUT2D eigenvalue weighted by Gasteiger charge is 2.13. The highest BCUT2D eigenvalue weighted by atomic mass is 16.5. The molecule has 52 valence electrons. The Hall–Kier alpha value is -0.340. The van der Waals surface area contributed by atoms with Crippen molar-refractivity contribution in [1.82, 2.24) is 0 Å². The van der Waals surface area contributed by atoms with Gasteiger partial charge in [-0.2, -0.15) is 0 Å². The van der Waals surface area contributed by atoms with Gasteiger partial charge in [-0.1, -0.05) is 6.08 Å². The Balaban J connectivity index is 2.26. The van der Waals surface area contributed by atoms with E-state index < -0.39 is 0 Å². The van der Waals surface area contributed by atoms with E-state index in [-0.39, 0.29) is 0 Å². The zero-order chi connectivity index (χ0) is 6.69. The highest BCUT2D eigenvalue weighted by molar-refractivity contribution is 4.79. The molecular weight excluding hydrogens is 114 g/mol. The number of quaternary nitrogens is 1. The molecule has 0 aromatic rings. The number of allylic oxidation sites excluding steroid dienone is 1. The van der Waals surface area contributed by atoms with Crippen molar-refractivity contribution >= 4 is 0 Å². The van der Waals surface area contributed by atoms with Gasteiger partial charge in [0.2, 0.25) is 0 Å². The molecule has 9 heavy (non-hydrogen) atoms. The van der Waals surface area contributed by atoms with Gasteiger partial charge in [0.25, 0.3) is 0 Å². The molecule has 1 aliphatic rings. The van der Waals surface area contributed by atoms with E-state index in [0.29, 0.717) is 11.0 Å². The number of hydrogen-bond acceptors (Lipinski definition) is 1. The maximum absolute atomic E-state index is 10.7. The summed E-state index contributed by atoms with van der Waals surface area (Å²) in [5.74, 6) is 0.614. The molecule has 0 aliphatic carbocycles. The van der Waals surface area contributed by atoms with E-state index in [0.717, 1.165) is 25.9 Å². The summed E-state index contributed by atoms with van der Waals surface area (Å²) in [4.78, 5) is 0. The van der Waals surface area contributed by atoms with Crippen LogP contribution in [0.3, 0.4) is 0 Å². The van der Waals surface area contributed by atoms with Gasteiger partial charge in [0.05, 0.1) is 13.1 Å². The van der Waals surface area contributed by atoms with Gasteiger partial charge in [-0.15, -0.1) is 6.58 Å². The maximum atomic E-state index is 10.7. The average molecular weight is 127 g/mol. The third-order valence-electron chi connectivity index (χ3n) is 1.92. The van der Waals surface area contributed by atoms with Crippen LogP contribution in [-0.4, -0.2) is 13.1 Å². The Morgan fingerprint density at radius 1 is 1.44 bits per heavy atom. The quantitative estimate of drug-likeness (QED) is 0.388. The van der Waals surface area contributed by atoms with Gasteiger partial charge in [0.1, 0.15) is 0 Å². The smallest absolute Gasteiger partial charge is 0.0773 e. The molecule has 1 aliphatic heterocycles. The van der Waals surface area contributed by atoms with Crippen molar-refractivity contribution in [3.05, 3.63) is 17.9 Å². The topological polar surface area (TPSA) is 27.5 Å². The standard InChI is InChI=1S/C7H13NO/c1-2-7-3-5-8(9)6-4-7/h2,7-8H,1,3-6H2. The average Bonchev–Trinajstić information content (AvgIpc) is 1.90. The lowest BCUT2D eigenvalue weighted by atomic mass is 9.98. The minimum atomic E-state index is 0.424. The van der Waals surface area contributed by atoms with Crippen LogP contribution in [0.5, 0.6) is 0 Å². The van der Waals surface area contributed by atoms with Crippen LogP contribution < -0.4 is 5.06 Å². The predicted molar refractivity (Wildman–Crippen MR) is 37.0 cm³/mol. The van der Waals surface area contributed by atoms with E-state index in [4.69, 9.17) is 0 Å². The van der Waals surface area contributed by atoms with Crippen LogP contribution in [0.15, 0.2) is 12.7 Å². The molecule has 0 radical (unpaired) electrons. The van der Waals surface area contributed by atoms with E-state index in [1.165, 1.54) is 0 Å². The first kappa shape index (κ1) is 6.78. The molecule has 1 saturated heterocycles. The Bertz CT molecular complexity index is 95.1. The minimum Gasteiger partial charge on any atom is -0.634 e. The molecule has 0 amide bonds. The minimum absolute atomic E-state index is 0.424. The Morgan fingerprint density at radius 3 is 2.44 bits per heavy atom. The molecule has 1 rings (SSSR count). The summed E-state index contributed by atoms with van der Waals surface area (Å²) in [5, 5.41) is 11.1. The number of hydrogen-bond donors (Lipinski definition) is 1. The van der Waals surface area contributed by atoms with Crippen molar-refractivity contribution in [3.63, 3.8) is 0 Å². The molecule has 1 N–H and O–H groups in total. The van der Waals surface area contributed by atoms with Gasteiger partial charge < -0.3 is 10.3 Å². The van der Waals surface area contributed by atoms with Gasteiger partial charge in [-0.3, -0.25) is 0 Å². The van der Waals surface area contributed by atoms with Crippen LogP contribution in [0.4, 0.5) is 0 Å². The summed E-state index contributed by atoms with van der Waals surface area (Å²) >= 11 is 0. The van der Waals surface area contributed by atoms with Crippen molar-refractivity contribution in [2.24, 2.45) is 5.92 Å². The number of rotatable bonds is 1. The van der Waals surface area contributed by atoms with E-state index in [1.54, 1.807) is 0 Å². The predicted octanol–water partition coefficient (Wildman–Crippen LogP) is -0.0349. The summed E-state index contributed by atoms with van der Waals surface area (Å²) in [6.07, 6.45) is 4.02. The summed E-state index contributed by atoms with van der Waals surface area (Å²) in [5.41, 5.74) is 0. The second-order valence-corrected chi connectivity index (χ2v) is 2.61. The normalized spacial score (nSPS) is 36.1. The van der Waals surface area contributed by atoms with E-state index >= 15 is 0 Å². The van der Waals surface area contributed by atoms with Crippen LogP contribution in [-0.2, 0) is 0 Å². The van der Waals surface area contributed by atoms with Crippen molar-refractivity contribution in [2.45, 2.75) is 12.8 Å². The first-order valence-electron chi connectivity index (χ1n) is 3.47. The summed E-state index contributed by atoms with van der Waals surface area (Å²) in [6, 6.07) is 0. The number of nitrogens with one attached hydrogen (secondary N) is 1. The third kappa shape index (κ3) is 1.80. The molecule has 2 nitrogen and oxygen atoms in total. The summed E-state index contributed by atoms with van der Waals surface area (Å²) < 4.78 is 0. The molecule has 0 bridgehead atoms. The van der Waals surface area contributed by atoms with Crippen LogP contribution in [0, 0.1) is 11.1 Å². The highest BCUT2D eigenvalue weighted by Crippen LogP contribution is 2.08. The maximum Gasteiger partial charge on any atom is 0.0773 e. The second-order valence-electron chi connectivity index (χ2n) is 2.61. The van der Waals surface area contributed by atoms with Crippen LogP contribution in [0.2, 0.25) is 0 Å². The van der Waals surface area contributed by atoms with Gasteiger partial charge in [-0.05, 0) is 5.92 Å². The van der Waals surface area contributed by atoms with Crippen molar-refractivity contribution in [2.75, 3.05) is 13.1 Å². The van der Waals surface area contributed by atoms with Crippen LogP contribution in [0.25, 0.3) is 0 Å². The lowest BCUT2D eigenvalue weighted by Gasteiger charge is -2.29. The molecule has 0 aromatic heterocycles. The van der Waals surface area contributed by atoms with E-state index in [9.17, 15) is 5.21 Å². The first-order chi connectivity index (χ1) is 4.33. The summed E-state index contributed by atoms with van der Waals surface area (Å²) in [6.45, 7) is 5.25. The Labute approximate surface area is 55.7 Å². The first-order valence-corrected chi connectivity index (χ1v) is 3.47. The van der Waals surface area contributed by atoms with Gasteiger partial charge in [0, 0.05) is 12.8 Å². The molecule has 0 saturated carbocycles. The monoisotopic (exact) mass is 127 g/mol. The molecule has 2 heteroatoms. The van der Waals surface area contributed by atoms with Gasteiger partial charge >= 0.3 is 0 Å². The largest absolute Gasteiger partial charge is 0.634 e. The molecule has 0 spiro atoms. The Kier molecular flexibility index (Phi) is 2.25. The lowest BCUT2D eigenvalue weighted by molar-refractivity contribution is -0.854. The molecular formula is C7H13NO. The zero-order valence-corrected chi connectivity index (χ0v) is 5.60. The van der Waals surface area contributed by atoms with E-state index in [1.807, 2.05) is 6.08 Å². The number of hydroxylamine groups is 2. The molecule has 0 atom stereocenters. The Morgan fingerprint density at radius 2 is 2.00 bits per heavy atom. The number of piperidine rings is 1. The molecule has 0 aromatic carbocycles. The van der Waals surface area contributed by atoms with Crippen LogP contribution >= 0.6 is 0 Å². The molecule has 1 heterocycles. The fraction of sp³-hybridized carbons (Fsp3) is 0.714.